The molecule has 3 N–H and O–H groups in total. The standard InChI is InChI=1S/C11H23N3O2.ClH/c1-2-3-10(12)11(15)13-4-5-14-6-8-16-9-7-14;/h10H,2-9,12H2,1H3,(H,13,15);1H. The fourth-order valence-electron chi connectivity index (χ4n) is 1.74. The van der Waals surface area contributed by atoms with Crippen molar-refractivity contribution in [1.29, 1.82) is 0 Å². The van der Waals surface area contributed by atoms with Crippen molar-refractivity contribution in [3.05, 3.63) is 0 Å². The molecule has 1 unspecified atom stereocenters. The van der Waals surface area contributed by atoms with Crippen molar-refractivity contribution in [3.8, 4) is 0 Å². The predicted molar refractivity (Wildman–Crippen MR) is 70.4 cm³/mol. The maximum atomic E-state index is 11.5. The number of nitrogens with two attached hydrogens (primary N) is 1. The van der Waals surface area contributed by atoms with Crippen LogP contribution < -0.4 is 11.1 Å². The first kappa shape index (κ1) is 16.6. The van der Waals surface area contributed by atoms with E-state index in [9.17, 15) is 4.79 Å². The second-order valence-electron chi connectivity index (χ2n) is 4.14. The highest BCUT2D eigenvalue weighted by Gasteiger charge is 2.13. The molecule has 0 aromatic heterocycles. The molecule has 17 heavy (non-hydrogen) atoms. The van der Waals surface area contributed by atoms with Gasteiger partial charge >= 0.3 is 0 Å². The maximum absolute atomic E-state index is 11.5. The largest absolute Gasteiger partial charge is 0.379 e. The highest BCUT2D eigenvalue weighted by Crippen LogP contribution is 1.96. The number of morpholine rings is 1. The summed E-state index contributed by atoms with van der Waals surface area (Å²) in [6.45, 7) is 7.09. The lowest BCUT2D eigenvalue weighted by molar-refractivity contribution is -0.122. The van der Waals surface area contributed by atoms with Gasteiger partial charge in [0.05, 0.1) is 19.3 Å². The van der Waals surface area contributed by atoms with Crippen LogP contribution in [0.5, 0.6) is 0 Å². The van der Waals surface area contributed by atoms with E-state index in [-0.39, 0.29) is 24.4 Å². The third-order valence-electron chi connectivity index (χ3n) is 2.77. The second-order valence-corrected chi connectivity index (χ2v) is 4.14. The molecule has 0 spiro atoms. The summed E-state index contributed by atoms with van der Waals surface area (Å²) in [5.41, 5.74) is 5.70. The van der Waals surface area contributed by atoms with E-state index in [1.54, 1.807) is 0 Å². The number of hydrogen-bond acceptors (Lipinski definition) is 4. The Labute approximate surface area is 109 Å². The Hall–Kier alpha value is -0.360. The van der Waals surface area contributed by atoms with Crippen LogP contribution in [0.4, 0.5) is 0 Å². The van der Waals surface area contributed by atoms with Crippen molar-refractivity contribution in [2.75, 3.05) is 39.4 Å². The number of rotatable bonds is 6. The molecule has 0 saturated carbocycles. The number of carbonyl (C=O) groups excluding carboxylic acids is 1. The molecular weight excluding hydrogens is 242 g/mol. The number of nitrogens with zero attached hydrogens (tertiary/aromatic N) is 1. The molecule has 1 aliphatic heterocycles. The zero-order chi connectivity index (χ0) is 11.8. The van der Waals surface area contributed by atoms with Crippen LogP contribution in [-0.4, -0.2) is 56.2 Å². The number of hydrogen-bond donors (Lipinski definition) is 2. The first-order valence-corrected chi connectivity index (χ1v) is 6.07. The SMILES string of the molecule is CCCC(N)C(=O)NCCN1CCOCC1.Cl. The van der Waals surface area contributed by atoms with E-state index in [0.717, 1.165) is 45.7 Å². The summed E-state index contributed by atoms with van der Waals surface area (Å²) in [4.78, 5) is 13.8. The summed E-state index contributed by atoms with van der Waals surface area (Å²) < 4.78 is 5.25. The molecule has 1 fully saturated rings. The molecule has 0 radical (unpaired) electrons. The number of halogens is 1. The number of nitrogens with one attached hydrogen (secondary N) is 1. The number of ether oxygens (including phenoxy) is 1. The van der Waals surface area contributed by atoms with Gasteiger partial charge in [-0.2, -0.15) is 0 Å². The van der Waals surface area contributed by atoms with Crippen molar-refractivity contribution in [1.82, 2.24) is 10.2 Å². The van der Waals surface area contributed by atoms with Crippen LogP contribution in [-0.2, 0) is 9.53 Å². The van der Waals surface area contributed by atoms with Crippen molar-refractivity contribution in [2.45, 2.75) is 25.8 Å². The van der Waals surface area contributed by atoms with Gasteiger partial charge in [-0.1, -0.05) is 13.3 Å². The van der Waals surface area contributed by atoms with Crippen molar-refractivity contribution < 1.29 is 9.53 Å². The lowest BCUT2D eigenvalue weighted by atomic mass is 10.2. The van der Waals surface area contributed by atoms with Gasteiger partial charge in [0.1, 0.15) is 0 Å². The van der Waals surface area contributed by atoms with Gasteiger partial charge in [0.15, 0.2) is 0 Å². The van der Waals surface area contributed by atoms with Gasteiger partial charge in [-0.25, -0.2) is 0 Å². The average molecular weight is 266 g/mol. The molecule has 0 aromatic carbocycles. The Kier molecular flexibility index (Phi) is 9.44. The van der Waals surface area contributed by atoms with Gasteiger partial charge in [0, 0.05) is 26.2 Å². The summed E-state index contributed by atoms with van der Waals surface area (Å²) in [7, 11) is 0. The van der Waals surface area contributed by atoms with Gasteiger partial charge in [-0.05, 0) is 6.42 Å². The van der Waals surface area contributed by atoms with Gasteiger partial charge in [0.25, 0.3) is 0 Å². The lowest BCUT2D eigenvalue weighted by Gasteiger charge is -2.26. The van der Waals surface area contributed by atoms with Crippen molar-refractivity contribution in [3.63, 3.8) is 0 Å². The summed E-state index contributed by atoms with van der Waals surface area (Å²) in [5.74, 6) is -0.0323. The van der Waals surface area contributed by atoms with E-state index in [4.69, 9.17) is 10.5 Å². The molecule has 1 rings (SSSR count). The molecule has 0 aliphatic carbocycles. The highest BCUT2D eigenvalue weighted by atomic mass is 35.5. The molecule has 5 nitrogen and oxygen atoms in total. The number of amides is 1. The third kappa shape index (κ3) is 6.83. The summed E-state index contributed by atoms with van der Waals surface area (Å²) >= 11 is 0. The molecule has 1 heterocycles. The van der Waals surface area contributed by atoms with Crippen molar-refractivity contribution >= 4 is 18.3 Å². The van der Waals surface area contributed by atoms with E-state index in [2.05, 4.69) is 10.2 Å². The van der Waals surface area contributed by atoms with Crippen LogP contribution in [0.2, 0.25) is 0 Å². The Morgan fingerprint density at radius 1 is 1.47 bits per heavy atom. The molecule has 1 amide bonds. The molecule has 0 aromatic rings. The zero-order valence-corrected chi connectivity index (χ0v) is 11.3. The van der Waals surface area contributed by atoms with Crippen LogP contribution in [0.15, 0.2) is 0 Å². The molecule has 102 valence electrons. The Morgan fingerprint density at radius 2 is 2.12 bits per heavy atom. The van der Waals surface area contributed by atoms with Gasteiger partial charge in [0.2, 0.25) is 5.91 Å². The monoisotopic (exact) mass is 265 g/mol. The molecule has 1 aliphatic rings. The number of carbonyl (C=O) groups is 1. The van der Waals surface area contributed by atoms with Gasteiger partial charge in [-0.15, -0.1) is 12.4 Å². The van der Waals surface area contributed by atoms with Crippen LogP contribution >= 0.6 is 12.4 Å². The van der Waals surface area contributed by atoms with Crippen LogP contribution in [0.25, 0.3) is 0 Å². The second kappa shape index (κ2) is 9.65. The van der Waals surface area contributed by atoms with E-state index in [0.29, 0.717) is 6.54 Å². The Morgan fingerprint density at radius 3 is 2.71 bits per heavy atom. The van der Waals surface area contributed by atoms with Crippen molar-refractivity contribution in [2.24, 2.45) is 5.73 Å². The fraction of sp³-hybridized carbons (Fsp3) is 0.909. The normalized spacial score (nSPS) is 18.2. The van der Waals surface area contributed by atoms with E-state index in [1.807, 2.05) is 6.92 Å². The minimum Gasteiger partial charge on any atom is -0.379 e. The smallest absolute Gasteiger partial charge is 0.236 e. The molecular formula is C11H24ClN3O2. The lowest BCUT2D eigenvalue weighted by Crippen LogP contribution is -2.45. The quantitative estimate of drug-likeness (QED) is 0.709. The predicted octanol–water partition coefficient (Wildman–Crippen LogP) is -0.0160. The molecule has 0 bridgehead atoms. The van der Waals surface area contributed by atoms with E-state index >= 15 is 0 Å². The minimum atomic E-state index is -0.352. The Bertz CT molecular complexity index is 211. The van der Waals surface area contributed by atoms with Gasteiger partial charge in [-0.3, -0.25) is 9.69 Å². The van der Waals surface area contributed by atoms with E-state index in [1.165, 1.54) is 0 Å². The summed E-state index contributed by atoms with van der Waals surface area (Å²) in [6, 6.07) is -0.352. The molecule has 1 saturated heterocycles. The first-order valence-electron chi connectivity index (χ1n) is 6.07. The highest BCUT2D eigenvalue weighted by molar-refractivity contribution is 5.85. The maximum Gasteiger partial charge on any atom is 0.236 e. The third-order valence-corrected chi connectivity index (χ3v) is 2.77. The summed E-state index contributed by atoms with van der Waals surface area (Å²) in [5, 5.41) is 2.87. The van der Waals surface area contributed by atoms with Crippen LogP contribution in [0.1, 0.15) is 19.8 Å². The molecule has 6 heteroatoms. The van der Waals surface area contributed by atoms with Gasteiger partial charge < -0.3 is 15.8 Å². The fourth-order valence-corrected chi connectivity index (χ4v) is 1.74. The first-order chi connectivity index (χ1) is 7.74. The average Bonchev–Trinajstić information content (AvgIpc) is 2.30. The van der Waals surface area contributed by atoms with E-state index < -0.39 is 0 Å². The minimum absolute atomic E-state index is 0. The topological polar surface area (TPSA) is 67.6 Å². The summed E-state index contributed by atoms with van der Waals surface area (Å²) in [6.07, 6.45) is 1.70. The Balaban J connectivity index is 0.00000256. The van der Waals surface area contributed by atoms with Crippen LogP contribution in [0, 0.1) is 0 Å². The molecule has 1 atom stereocenters. The zero-order valence-electron chi connectivity index (χ0n) is 10.5. The van der Waals surface area contributed by atoms with Crippen LogP contribution in [0.3, 0.4) is 0 Å².